The molecule has 0 radical (unpaired) electrons. The number of ether oxygens (including phenoxy) is 1. The molecule has 3 rings (SSSR count). The van der Waals surface area contributed by atoms with Gasteiger partial charge in [-0.3, -0.25) is 9.59 Å². The van der Waals surface area contributed by atoms with E-state index in [4.69, 9.17) is 4.74 Å². The van der Waals surface area contributed by atoms with Gasteiger partial charge in [0.2, 0.25) is 11.8 Å². The van der Waals surface area contributed by atoms with Gasteiger partial charge in [-0.25, -0.2) is 5.43 Å². The van der Waals surface area contributed by atoms with E-state index in [0.717, 1.165) is 28.1 Å². The molecule has 0 saturated carbocycles. The second kappa shape index (κ2) is 11.3. The number of rotatable bonds is 9. The first-order valence-electron chi connectivity index (χ1n) is 10.0. The van der Waals surface area contributed by atoms with Crippen LogP contribution in [-0.2, 0) is 16.2 Å². The van der Waals surface area contributed by atoms with E-state index in [-0.39, 0.29) is 24.7 Å². The first-order chi connectivity index (χ1) is 15.1. The average molecular weight is 415 g/mol. The lowest BCUT2D eigenvalue weighted by Crippen LogP contribution is -2.20. The van der Waals surface area contributed by atoms with Gasteiger partial charge in [-0.15, -0.1) is 0 Å². The summed E-state index contributed by atoms with van der Waals surface area (Å²) in [5.41, 5.74) is 6.09. The molecule has 0 fully saturated rings. The molecular formula is C25H25N3O3. The Morgan fingerprint density at radius 3 is 2.29 bits per heavy atom. The third kappa shape index (κ3) is 7.44. The molecule has 2 N–H and O–H groups in total. The van der Waals surface area contributed by atoms with Crippen LogP contribution in [-0.4, -0.2) is 18.0 Å². The van der Waals surface area contributed by atoms with Crippen LogP contribution in [0.1, 0.15) is 29.5 Å². The van der Waals surface area contributed by atoms with E-state index in [1.54, 1.807) is 6.21 Å². The minimum Gasteiger partial charge on any atom is -0.489 e. The smallest absolute Gasteiger partial charge is 0.240 e. The highest BCUT2D eigenvalue weighted by atomic mass is 16.5. The number of para-hydroxylation sites is 1. The number of carbonyl (C=O) groups is 2. The van der Waals surface area contributed by atoms with E-state index in [1.807, 2.05) is 85.8 Å². The maximum atomic E-state index is 12.0. The predicted molar refractivity (Wildman–Crippen MR) is 122 cm³/mol. The first kappa shape index (κ1) is 21.8. The van der Waals surface area contributed by atoms with Crippen LogP contribution in [0.4, 0.5) is 5.69 Å². The van der Waals surface area contributed by atoms with Crippen molar-refractivity contribution in [2.75, 3.05) is 5.32 Å². The molecule has 0 unspecified atom stereocenters. The molecule has 0 aliphatic rings. The zero-order valence-corrected chi connectivity index (χ0v) is 17.4. The quantitative estimate of drug-likeness (QED) is 0.400. The molecule has 0 aliphatic carbocycles. The van der Waals surface area contributed by atoms with Crippen LogP contribution < -0.4 is 15.5 Å². The molecule has 3 aromatic carbocycles. The van der Waals surface area contributed by atoms with Gasteiger partial charge < -0.3 is 10.1 Å². The number of carbonyl (C=O) groups excluding carboxylic acids is 2. The fraction of sp³-hybridized carbons (Fsp3) is 0.160. The maximum Gasteiger partial charge on any atom is 0.240 e. The number of hydrogen-bond donors (Lipinski definition) is 2. The van der Waals surface area contributed by atoms with Gasteiger partial charge in [0, 0.05) is 18.5 Å². The van der Waals surface area contributed by atoms with Crippen molar-refractivity contribution in [1.82, 2.24) is 5.43 Å². The Morgan fingerprint density at radius 1 is 0.871 bits per heavy atom. The highest BCUT2D eigenvalue weighted by molar-refractivity contribution is 5.94. The van der Waals surface area contributed by atoms with Gasteiger partial charge in [-0.05, 0) is 53.9 Å². The molecule has 0 spiro atoms. The molecule has 0 aromatic heterocycles. The molecular weight excluding hydrogens is 390 g/mol. The largest absolute Gasteiger partial charge is 0.489 e. The summed E-state index contributed by atoms with van der Waals surface area (Å²) >= 11 is 0. The standard InChI is InChI=1S/C25H25N3O3/c1-19-7-5-6-10-23(19)27-24(29)15-16-25(30)28-26-17-20-11-13-22(14-12-20)31-18-21-8-3-2-4-9-21/h2-14,17H,15-16,18H2,1H3,(H,27,29)(H,28,30). The lowest BCUT2D eigenvalue weighted by molar-refractivity contribution is -0.124. The lowest BCUT2D eigenvalue weighted by Gasteiger charge is -2.07. The lowest BCUT2D eigenvalue weighted by atomic mass is 10.2. The van der Waals surface area contributed by atoms with E-state index in [1.165, 1.54) is 0 Å². The Morgan fingerprint density at radius 2 is 1.55 bits per heavy atom. The Balaban J connectivity index is 1.38. The van der Waals surface area contributed by atoms with Gasteiger partial charge in [-0.1, -0.05) is 48.5 Å². The molecule has 0 atom stereocenters. The second-order valence-electron chi connectivity index (χ2n) is 7.00. The number of benzene rings is 3. The zero-order chi connectivity index (χ0) is 21.9. The van der Waals surface area contributed by atoms with Gasteiger partial charge in [0.05, 0.1) is 6.21 Å². The highest BCUT2D eigenvalue weighted by Gasteiger charge is 2.07. The van der Waals surface area contributed by atoms with E-state index in [0.29, 0.717) is 6.61 Å². The van der Waals surface area contributed by atoms with Crippen molar-refractivity contribution in [3.8, 4) is 5.75 Å². The molecule has 2 amide bonds. The van der Waals surface area contributed by atoms with Crippen LogP contribution in [0.3, 0.4) is 0 Å². The third-order valence-corrected chi connectivity index (χ3v) is 4.53. The van der Waals surface area contributed by atoms with Crippen LogP contribution in [0.15, 0.2) is 84.0 Å². The Hall–Kier alpha value is -3.93. The number of nitrogens with zero attached hydrogens (tertiary/aromatic N) is 1. The van der Waals surface area contributed by atoms with Gasteiger partial charge in [-0.2, -0.15) is 5.10 Å². The summed E-state index contributed by atoms with van der Waals surface area (Å²) in [5.74, 6) is 0.225. The molecule has 0 bridgehead atoms. The Bertz CT molecular complexity index is 1030. The Labute approximate surface area is 182 Å². The van der Waals surface area contributed by atoms with Gasteiger partial charge >= 0.3 is 0 Å². The first-order valence-corrected chi connectivity index (χ1v) is 10.0. The zero-order valence-electron chi connectivity index (χ0n) is 17.4. The number of nitrogens with one attached hydrogen (secondary N) is 2. The van der Waals surface area contributed by atoms with Crippen molar-refractivity contribution in [3.05, 3.63) is 95.6 Å². The fourth-order valence-electron chi connectivity index (χ4n) is 2.78. The normalized spacial score (nSPS) is 10.6. The number of anilines is 1. The summed E-state index contributed by atoms with van der Waals surface area (Å²) in [6.45, 7) is 2.42. The highest BCUT2D eigenvalue weighted by Crippen LogP contribution is 2.14. The fourth-order valence-corrected chi connectivity index (χ4v) is 2.78. The van der Waals surface area contributed by atoms with Crippen molar-refractivity contribution < 1.29 is 14.3 Å². The van der Waals surface area contributed by atoms with Gasteiger partial charge in [0.15, 0.2) is 0 Å². The number of hydrogen-bond acceptors (Lipinski definition) is 4. The molecule has 0 saturated heterocycles. The Kier molecular flexibility index (Phi) is 7.94. The van der Waals surface area contributed by atoms with Crippen LogP contribution in [0, 0.1) is 6.92 Å². The van der Waals surface area contributed by atoms with E-state index in [9.17, 15) is 9.59 Å². The average Bonchev–Trinajstić information content (AvgIpc) is 2.79. The summed E-state index contributed by atoms with van der Waals surface area (Å²) in [7, 11) is 0. The number of amides is 2. The van der Waals surface area contributed by atoms with Gasteiger partial charge in [0.1, 0.15) is 12.4 Å². The molecule has 0 heterocycles. The molecule has 0 aliphatic heterocycles. The van der Waals surface area contributed by atoms with Crippen molar-refractivity contribution >= 4 is 23.7 Å². The monoisotopic (exact) mass is 415 g/mol. The molecule has 3 aromatic rings. The summed E-state index contributed by atoms with van der Waals surface area (Å²) in [4.78, 5) is 23.9. The van der Waals surface area contributed by atoms with E-state index >= 15 is 0 Å². The van der Waals surface area contributed by atoms with Crippen molar-refractivity contribution in [2.45, 2.75) is 26.4 Å². The molecule has 6 heteroatoms. The van der Waals surface area contributed by atoms with Crippen LogP contribution >= 0.6 is 0 Å². The summed E-state index contributed by atoms with van der Waals surface area (Å²) in [6.07, 6.45) is 1.69. The minimum atomic E-state index is -0.320. The molecule has 31 heavy (non-hydrogen) atoms. The summed E-state index contributed by atoms with van der Waals surface area (Å²) in [5, 5.41) is 6.75. The van der Waals surface area contributed by atoms with Crippen LogP contribution in [0.25, 0.3) is 0 Å². The maximum absolute atomic E-state index is 12.0. The third-order valence-electron chi connectivity index (χ3n) is 4.53. The van der Waals surface area contributed by atoms with E-state index < -0.39 is 0 Å². The number of hydrazone groups is 1. The summed E-state index contributed by atoms with van der Waals surface area (Å²) in [6, 6.07) is 24.8. The molecule has 6 nitrogen and oxygen atoms in total. The summed E-state index contributed by atoms with van der Waals surface area (Å²) < 4.78 is 5.74. The topological polar surface area (TPSA) is 79.8 Å². The predicted octanol–water partition coefficient (Wildman–Crippen LogP) is 4.44. The van der Waals surface area contributed by atoms with Crippen LogP contribution in [0.2, 0.25) is 0 Å². The van der Waals surface area contributed by atoms with E-state index in [2.05, 4.69) is 15.8 Å². The second-order valence-corrected chi connectivity index (χ2v) is 7.00. The van der Waals surface area contributed by atoms with Crippen molar-refractivity contribution in [2.24, 2.45) is 5.10 Å². The van der Waals surface area contributed by atoms with Crippen molar-refractivity contribution in [3.63, 3.8) is 0 Å². The minimum absolute atomic E-state index is 0.0569. The molecule has 158 valence electrons. The van der Waals surface area contributed by atoms with Crippen molar-refractivity contribution in [1.29, 1.82) is 0 Å². The van der Waals surface area contributed by atoms with Gasteiger partial charge in [0.25, 0.3) is 0 Å². The SMILES string of the molecule is Cc1ccccc1NC(=O)CCC(=O)NN=Cc1ccc(OCc2ccccc2)cc1. The number of aryl methyl sites for hydroxylation is 1. The van der Waals surface area contributed by atoms with Crippen LogP contribution in [0.5, 0.6) is 5.75 Å².